The standard InChI is InChI=1S/C12H7BrF2N2O/c13-11-7(3-1-4-8(11)14)12(18)17-10-6-2-5-9(15)16-10/h1-6H,(H,16,17,18). The summed E-state index contributed by atoms with van der Waals surface area (Å²) < 4.78 is 26.1. The molecule has 0 aliphatic heterocycles. The van der Waals surface area contributed by atoms with E-state index in [9.17, 15) is 13.6 Å². The topological polar surface area (TPSA) is 42.0 Å². The van der Waals surface area contributed by atoms with Gasteiger partial charge in [0.05, 0.1) is 10.0 Å². The first-order valence-electron chi connectivity index (χ1n) is 4.96. The van der Waals surface area contributed by atoms with Crippen molar-refractivity contribution in [3.05, 3.63) is 58.2 Å². The summed E-state index contributed by atoms with van der Waals surface area (Å²) in [7, 11) is 0. The van der Waals surface area contributed by atoms with Gasteiger partial charge in [0.15, 0.2) is 0 Å². The van der Waals surface area contributed by atoms with Gasteiger partial charge in [-0.05, 0) is 40.2 Å². The number of aromatic nitrogens is 1. The lowest BCUT2D eigenvalue weighted by Crippen LogP contribution is -2.14. The third-order valence-corrected chi connectivity index (χ3v) is 2.96. The zero-order chi connectivity index (χ0) is 13.1. The molecule has 18 heavy (non-hydrogen) atoms. The van der Waals surface area contributed by atoms with Crippen LogP contribution in [0.2, 0.25) is 0 Å². The summed E-state index contributed by atoms with van der Waals surface area (Å²) in [6, 6.07) is 8.09. The Morgan fingerprint density at radius 1 is 1.17 bits per heavy atom. The molecule has 1 aromatic carbocycles. The molecule has 1 amide bonds. The van der Waals surface area contributed by atoms with Crippen LogP contribution in [-0.4, -0.2) is 10.9 Å². The molecule has 0 atom stereocenters. The SMILES string of the molecule is O=C(Nc1cccc(F)n1)c1cccc(F)c1Br. The zero-order valence-electron chi connectivity index (χ0n) is 8.95. The van der Waals surface area contributed by atoms with E-state index in [4.69, 9.17) is 0 Å². The van der Waals surface area contributed by atoms with Gasteiger partial charge in [-0.3, -0.25) is 4.79 Å². The Morgan fingerprint density at radius 3 is 2.61 bits per heavy atom. The van der Waals surface area contributed by atoms with Gasteiger partial charge in [0.2, 0.25) is 5.95 Å². The smallest absolute Gasteiger partial charge is 0.258 e. The van der Waals surface area contributed by atoms with Gasteiger partial charge in [-0.25, -0.2) is 9.37 Å². The molecule has 0 unspecified atom stereocenters. The van der Waals surface area contributed by atoms with Crippen molar-refractivity contribution in [2.75, 3.05) is 5.32 Å². The average Bonchev–Trinajstić information content (AvgIpc) is 2.32. The summed E-state index contributed by atoms with van der Waals surface area (Å²) in [5.41, 5.74) is 0.112. The summed E-state index contributed by atoms with van der Waals surface area (Å²) in [6.45, 7) is 0. The van der Waals surface area contributed by atoms with Crippen molar-refractivity contribution in [1.82, 2.24) is 4.98 Å². The second-order valence-corrected chi connectivity index (χ2v) is 4.19. The number of nitrogens with zero attached hydrogens (tertiary/aromatic N) is 1. The van der Waals surface area contributed by atoms with Crippen LogP contribution in [0.5, 0.6) is 0 Å². The van der Waals surface area contributed by atoms with Crippen molar-refractivity contribution in [2.45, 2.75) is 0 Å². The quantitative estimate of drug-likeness (QED) is 0.864. The molecular weight excluding hydrogens is 306 g/mol. The van der Waals surface area contributed by atoms with Crippen LogP contribution in [0.3, 0.4) is 0 Å². The van der Waals surface area contributed by atoms with E-state index in [2.05, 4.69) is 26.2 Å². The minimum absolute atomic E-state index is 0.0545. The van der Waals surface area contributed by atoms with E-state index in [-0.39, 0.29) is 15.9 Å². The Kier molecular flexibility index (Phi) is 3.66. The fourth-order valence-corrected chi connectivity index (χ4v) is 1.79. The third-order valence-electron chi connectivity index (χ3n) is 2.15. The Balaban J connectivity index is 2.25. The van der Waals surface area contributed by atoms with Gasteiger partial charge in [-0.1, -0.05) is 12.1 Å². The molecule has 0 bridgehead atoms. The van der Waals surface area contributed by atoms with Crippen molar-refractivity contribution < 1.29 is 13.6 Å². The average molecular weight is 313 g/mol. The monoisotopic (exact) mass is 312 g/mol. The van der Waals surface area contributed by atoms with Gasteiger partial charge in [0.1, 0.15) is 11.6 Å². The van der Waals surface area contributed by atoms with Crippen molar-refractivity contribution in [1.29, 1.82) is 0 Å². The lowest BCUT2D eigenvalue weighted by atomic mass is 10.2. The van der Waals surface area contributed by atoms with E-state index in [1.54, 1.807) is 0 Å². The van der Waals surface area contributed by atoms with E-state index in [0.717, 1.165) is 6.07 Å². The second kappa shape index (κ2) is 5.22. The number of anilines is 1. The maximum atomic E-state index is 13.2. The molecule has 6 heteroatoms. The molecule has 1 N–H and O–H groups in total. The molecule has 3 nitrogen and oxygen atoms in total. The number of hydrogen-bond donors (Lipinski definition) is 1. The Labute approximate surface area is 110 Å². The van der Waals surface area contributed by atoms with Crippen LogP contribution in [0.15, 0.2) is 40.9 Å². The first kappa shape index (κ1) is 12.6. The van der Waals surface area contributed by atoms with Gasteiger partial charge in [-0.15, -0.1) is 0 Å². The molecule has 2 rings (SSSR count). The molecular formula is C12H7BrF2N2O. The van der Waals surface area contributed by atoms with Crippen LogP contribution in [0, 0.1) is 11.8 Å². The maximum absolute atomic E-state index is 13.2. The van der Waals surface area contributed by atoms with Crippen molar-refractivity contribution in [2.24, 2.45) is 0 Å². The molecule has 0 fully saturated rings. The van der Waals surface area contributed by atoms with E-state index in [1.165, 1.54) is 30.3 Å². The highest BCUT2D eigenvalue weighted by atomic mass is 79.9. The number of hydrogen-bond acceptors (Lipinski definition) is 2. The summed E-state index contributed by atoms with van der Waals surface area (Å²) in [5.74, 6) is -1.75. The van der Waals surface area contributed by atoms with Gasteiger partial charge < -0.3 is 5.32 Å². The molecule has 2 aromatic rings. The first-order valence-corrected chi connectivity index (χ1v) is 5.75. The van der Waals surface area contributed by atoms with Crippen LogP contribution >= 0.6 is 15.9 Å². The van der Waals surface area contributed by atoms with Gasteiger partial charge in [-0.2, -0.15) is 4.39 Å². The number of rotatable bonds is 2. The van der Waals surface area contributed by atoms with Crippen molar-refractivity contribution in [3.8, 4) is 0 Å². The number of amides is 1. The normalized spacial score (nSPS) is 10.2. The van der Waals surface area contributed by atoms with Crippen LogP contribution in [0.25, 0.3) is 0 Å². The summed E-state index contributed by atoms with van der Waals surface area (Å²) in [4.78, 5) is 15.3. The highest BCUT2D eigenvalue weighted by Gasteiger charge is 2.13. The zero-order valence-corrected chi connectivity index (χ0v) is 10.5. The van der Waals surface area contributed by atoms with Gasteiger partial charge >= 0.3 is 0 Å². The highest BCUT2D eigenvalue weighted by Crippen LogP contribution is 2.21. The Morgan fingerprint density at radius 2 is 1.89 bits per heavy atom. The molecule has 0 radical (unpaired) electrons. The first-order chi connectivity index (χ1) is 8.58. The molecule has 0 saturated heterocycles. The molecule has 1 aromatic heterocycles. The number of carbonyl (C=O) groups is 1. The van der Waals surface area contributed by atoms with E-state index >= 15 is 0 Å². The molecule has 1 heterocycles. The minimum Gasteiger partial charge on any atom is -0.306 e. The highest BCUT2D eigenvalue weighted by molar-refractivity contribution is 9.10. The van der Waals surface area contributed by atoms with Crippen molar-refractivity contribution >= 4 is 27.7 Å². The maximum Gasteiger partial charge on any atom is 0.258 e. The Hall–Kier alpha value is -1.82. The van der Waals surface area contributed by atoms with Crippen LogP contribution in [0.1, 0.15) is 10.4 Å². The lowest BCUT2D eigenvalue weighted by molar-refractivity contribution is 0.102. The predicted octanol–water partition coefficient (Wildman–Crippen LogP) is 3.37. The number of benzene rings is 1. The number of carbonyl (C=O) groups excluding carboxylic acids is 1. The molecule has 92 valence electrons. The van der Waals surface area contributed by atoms with Crippen LogP contribution < -0.4 is 5.32 Å². The predicted molar refractivity (Wildman–Crippen MR) is 66.2 cm³/mol. The van der Waals surface area contributed by atoms with Crippen molar-refractivity contribution in [3.63, 3.8) is 0 Å². The number of nitrogens with one attached hydrogen (secondary N) is 1. The minimum atomic E-state index is -0.703. The van der Waals surface area contributed by atoms with E-state index in [1.807, 2.05) is 0 Å². The number of pyridine rings is 1. The fourth-order valence-electron chi connectivity index (χ4n) is 1.34. The van der Waals surface area contributed by atoms with Gasteiger partial charge in [0.25, 0.3) is 5.91 Å². The van der Waals surface area contributed by atoms with E-state index < -0.39 is 17.7 Å². The molecule has 0 aliphatic rings. The third kappa shape index (κ3) is 2.70. The lowest BCUT2D eigenvalue weighted by Gasteiger charge is -2.06. The largest absolute Gasteiger partial charge is 0.306 e. The molecule has 0 saturated carbocycles. The van der Waals surface area contributed by atoms with Gasteiger partial charge in [0, 0.05) is 0 Å². The molecule has 0 aliphatic carbocycles. The van der Waals surface area contributed by atoms with E-state index in [0.29, 0.717) is 0 Å². The summed E-state index contributed by atoms with van der Waals surface area (Å²) in [5, 5.41) is 2.38. The molecule has 0 spiro atoms. The summed E-state index contributed by atoms with van der Waals surface area (Å²) >= 11 is 2.98. The second-order valence-electron chi connectivity index (χ2n) is 3.40. The number of halogens is 3. The fraction of sp³-hybridized carbons (Fsp3) is 0. The van der Waals surface area contributed by atoms with Crippen LogP contribution in [0.4, 0.5) is 14.6 Å². The summed E-state index contributed by atoms with van der Waals surface area (Å²) in [6.07, 6.45) is 0. The van der Waals surface area contributed by atoms with Crippen LogP contribution in [-0.2, 0) is 0 Å². The Bertz CT molecular complexity index is 604.